The lowest BCUT2D eigenvalue weighted by molar-refractivity contribution is -0.123. The fourth-order valence-corrected chi connectivity index (χ4v) is 3.31. The van der Waals surface area contributed by atoms with E-state index >= 15 is 0 Å². The van der Waals surface area contributed by atoms with E-state index in [2.05, 4.69) is 11.4 Å². The van der Waals surface area contributed by atoms with Gasteiger partial charge in [-0.3, -0.25) is 9.69 Å². The molecule has 156 valence electrons. The molecule has 0 bridgehead atoms. The van der Waals surface area contributed by atoms with Crippen molar-refractivity contribution in [2.45, 2.75) is 20.1 Å². The Bertz CT molecular complexity index is 1160. The van der Waals surface area contributed by atoms with Gasteiger partial charge < -0.3 is 10.1 Å². The number of halogens is 1. The number of carbonyl (C=O) groups excluding carboxylic acids is 2. The number of urea groups is 1. The van der Waals surface area contributed by atoms with Crippen LogP contribution in [0.3, 0.4) is 0 Å². The first-order valence-corrected chi connectivity index (χ1v) is 9.86. The molecule has 5 nitrogen and oxygen atoms in total. The molecular formula is C25H21FN2O3. The number of nitrogens with zero attached hydrogens (tertiary/aromatic N) is 1. The third kappa shape index (κ3) is 4.80. The number of hydrogen-bond donors (Lipinski definition) is 1. The molecular weight excluding hydrogens is 395 g/mol. The Morgan fingerprint density at radius 2 is 1.77 bits per heavy atom. The number of aryl methyl sites for hydroxylation is 1. The van der Waals surface area contributed by atoms with Crippen molar-refractivity contribution < 1.29 is 18.7 Å². The van der Waals surface area contributed by atoms with Gasteiger partial charge in [0.2, 0.25) is 0 Å². The van der Waals surface area contributed by atoms with Crippen LogP contribution in [0.1, 0.15) is 22.3 Å². The highest BCUT2D eigenvalue weighted by molar-refractivity contribution is 6.13. The topological polar surface area (TPSA) is 58.6 Å². The first-order chi connectivity index (χ1) is 15.0. The highest BCUT2D eigenvalue weighted by atomic mass is 19.1. The third-order valence-corrected chi connectivity index (χ3v) is 4.93. The normalized spacial score (nSPS) is 14.8. The fraction of sp³-hybridized carbons (Fsp3) is 0.120. The molecule has 0 aliphatic carbocycles. The molecule has 4 rings (SSSR count). The maximum absolute atomic E-state index is 13.9. The van der Waals surface area contributed by atoms with Gasteiger partial charge in [0.25, 0.3) is 5.91 Å². The van der Waals surface area contributed by atoms with Gasteiger partial charge >= 0.3 is 6.03 Å². The molecule has 3 amide bonds. The van der Waals surface area contributed by atoms with Gasteiger partial charge in [0.1, 0.15) is 23.9 Å². The highest BCUT2D eigenvalue weighted by Crippen LogP contribution is 2.20. The number of imide groups is 1. The third-order valence-electron chi connectivity index (χ3n) is 4.93. The van der Waals surface area contributed by atoms with Crippen LogP contribution in [0.5, 0.6) is 5.75 Å². The molecule has 0 unspecified atom stereocenters. The molecule has 3 aromatic carbocycles. The summed E-state index contributed by atoms with van der Waals surface area (Å²) in [4.78, 5) is 25.8. The maximum Gasteiger partial charge on any atom is 0.329 e. The van der Waals surface area contributed by atoms with Crippen LogP contribution >= 0.6 is 0 Å². The first kappa shape index (κ1) is 20.3. The molecule has 1 aliphatic rings. The fourth-order valence-electron chi connectivity index (χ4n) is 3.31. The Morgan fingerprint density at radius 1 is 1.00 bits per heavy atom. The van der Waals surface area contributed by atoms with Crippen LogP contribution in [0.25, 0.3) is 6.08 Å². The Kier molecular flexibility index (Phi) is 5.80. The van der Waals surface area contributed by atoms with E-state index in [4.69, 9.17) is 4.74 Å². The van der Waals surface area contributed by atoms with E-state index in [1.54, 1.807) is 48.5 Å². The average molecular weight is 416 g/mol. The smallest absolute Gasteiger partial charge is 0.329 e. The van der Waals surface area contributed by atoms with Crippen molar-refractivity contribution in [1.29, 1.82) is 0 Å². The number of hydrogen-bond acceptors (Lipinski definition) is 3. The summed E-state index contributed by atoms with van der Waals surface area (Å²) in [5.74, 6) is -0.249. The summed E-state index contributed by atoms with van der Waals surface area (Å²) in [5, 5.41) is 2.55. The Morgan fingerprint density at radius 3 is 2.52 bits per heavy atom. The number of nitrogens with one attached hydrogen (secondary N) is 1. The summed E-state index contributed by atoms with van der Waals surface area (Å²) in [6, 6.07) is 20.8. The van der Waals surface area contributed by atoms with Crippen molar-refractivity contribution in [3.63, 3.8) is 0 Å². The predicted octanol–water partition coefficient (Wildman–Crippen LogP) is 4.81. The predicted molar refractivity (Wildman–Crippen MR) is 115 cm³/mol. The minimum Gasteiger partial charge on any atom is -0.489 e. The SMILES string of the molecule is Cc1cccc(COc2ccc(C=C3NC(=O)N(Cc4ccccc4F)C3=O)cc2)c1. The van der Waals surface area contributed by atoms with Crippen LogP contribution in [0.2, 0.25) is 0 Å². The standard InChI is InChI=1S/C25H21FN2O3/c1-17-5-4-6-19(13-17)16-31-21-11-9-18(10-12-21)14-23-24(29)28(25(30)27-23)15-20-7-2-3-8-22(20)26/h2-14H,15-16H2,1H3,(H,27,30). The van der Waals surface area contributed by atoms with E-state index in [-0.39, 0.29) is 17.8 Å². The van der Waals surface area contributed by atoms with Gasteiger partial charge in [-0.25, -0.2) is 9.18 Å². The molecule has 3 aromatic rings. The van der Waals surface area contributed by atoms with Gasteiger partial charge in [-0.15, -0.1) is 0 Å². The molecule has 0 aromatic heterocycles. The second-order valence-corrected chi connectivity index (χ2v) is 7.32. The molecule has 6 heteroatoms. The molecule has 31 heavy (non-hydrogen) atoms. The Labute approximate surface area is 179 Å². The van der Waals surface area contributed by atoms with E-state index in [0.717, 1.165) is 16.0 Å². The molecule has 1 heterocycles. The summed E-state index contributed by atoms with van der Waals surface area (Å²) in [6.45, 7) is 2.37. The number of benzene rings is 3. The lowest BCUT2D eigenvalue weighted by Crippen LogP contribution is -2.30. The van der Waals surface area contributed by atoms with Crippen LogP contribution in [0, 0.1) is 12.7 Å². The maximum atomic E-state index is 13.9. The van der Waals surface area contributed by atoms with Gasteiger partial charge in [-0.1, -0.05) is 60.2 Å². The molecule has 0 saturated carbocycles. The summed E-state index contributed by atoms with van der Waals surface area (Å²) in [5.41, 5.74) is 3.42. The Hall–Kier alpha value is -3.93. The number of rotatable bonds is 6. The molecule has 0 atom stereocenters. The summed E-state index contributed by atoms with van der Waals surface area (Å²) in [7, 11) is 0. The molecule has 1 fully saturated rings. The minimum absolute atomic E-state index is 0.125. The number of carbonyl (C=O) groups is 2. The summed E-state index contributed by atoms with van der Waals surface area (Å²) >= 11 is 0. The van der Waals surface area contributed by atoms with E-state index < -0.39 is 17.8 Å². The number of ether oxygens (including phenoxy) is 1. The molecule has 0 radical (unpaired) electrons. The van der Waals surface area contributed by atoms with Gasteiger partial charge in [-0.2, -0.15) is 0 Å². The van der Waals surface area contributed by atoms with Crippen molar-refractivity contribution in [3.8, 4) is 5.75 Å². The van der Waals surface area contributed by atoms with Gasteiger partial charge in [0.05, 0.1) is 6.54 Å². The Balaban J connectivity index is 1.42. The highest BCUT2D eigenvalue weighted by Gasteiger charge is 2.33. The van der Waals surface area contributed by atoms with Crippen LogP contribution in [0.4, 0.5) is 9.18 Å². The van der Waals surface area contributed by atoms with Crippen LogP contribution in [0.15, 0.2) is 78.5 Å². The molecule has 0 spiro atoms. The number of amides is 3. The second-order valence-electron chi connectivity index (χ2n) is 7.32. The van der Waals surface area contributed by atoms with E-state index in [0.29, 0.717) is 12.4 Å². The molecule has 1 N–H and O–H groups in total. The van der Waals surface area contributed by atoms with Gasteiger partial charge in [-0.05, 0) is 42.3 Å². The monoisotopic (exact) mass is 416 g/mol. The van der Waals surface area contributed by atoms with Crippen molar-refractivity contribution in [2.24, 2.45) is 0 Å². The van der Waals surface area contributed by atoms with Crippen molar-refractivity contribution >= 4 is 18.0 Å². The van der Waals surface area contributed by atoms with Crippen LogP contribution in [-0.4, -0.2) is 16.8 Å². The zero-order valence-electron chi connectivity index (χ0n) is 17.0. The van der Waals surface area contributed by atoms with Crippen molar-refractivity contribution in [1.82, 2.24) is 10.2 Å². The van der Waals surface area contributed by atoms with Crippen LogP contribution in [-0.2, 0) is 17.9 Å². The first-order valence-electron chi connectivity index (χ1n) is 9.86. The van der Waals surface area contributed by atoms with E-state index in [1.807, 2.05) is 25.1 Å². The zero-order valence-corrected chi connectivity index (χ0v) is 17.0. The minimum atomic E-state index is -0.572. The molecule has 1 saturated heterocycles. The zero-order chi connectivity index (χ0) is 21.8. The quantitative estimate of drug-likeness (QED) is 0.464. The average Bonchev–Trinajstić information content (AvgIpc) is 3.02. The summed E-state index contributed by atoms with van der Waals surface area (Å²) in [6.07, 6.45) is 1.59. The van der Waals surface area contributed by atoms with E-state index in [9.17, 15) is 14.0 Å². The largest absolute Gasteiger partial charge is 0.489 e. The van der Waals surface area contributed by atoms with Crippen molar-refractivity contribution in [2.75, 3.05) is 0 Å². The van der Waals surface area contributed by atoms with E-state index in [1.165, 1.54) is 11.6 Å². The second kappa shape index (κ2) is 8.83. The molecule has 1 aliphatic heterocycles. The van der Waals surface area contributed by atoms with Gasteiger partial charge in [0.15, 0.2) is 0 Å². The van der Waals surface area contributed by atoms with Crippen LogP contribution < -0.4 is 10.1 Å². The summed E-state index contributed by atoms with van der Waals surface area (Å²) < 4.78 is 19.7. The van der Waals surface area contributed by atoms with Gasteiger partial charge in [0, 0.05) is 5.56 Å². The van der Waals surface area contributed by atoms with Crippen molar-refractivity contribution in [3.05, 3.63) is 107 Å². The lowest BCUT2D eigenvalue weighted by atomic mass is 10.1. The lowest BCUT2D eigenvalue weighted by Gasteiger charge is -2.12.